The number of aromatic nitrogens is 2. The largest absolute Gasteiger partial charge is 0.266 e. The molecule has 3 heteroatoms. The molecule has 1 aliphatic heterocycles. The average Bonchev–Trinajstić information content (AvgIpc) is 2.21. The Labute approximate surface area is 76.6 Å². The number of nitrogens with zero attached hydrogens (tertiary/aromatic N) is 3. The number of hydrogen-bond acceptors (Lipinski definition) is 3. The maximum Gasteiger partial charge on any atom is 0.107 e. The van der Waals surface area contributed by atoms with Crippen molar-refractivity contribution in [2.24, 2.45) is 10.4 Å². The van der Waals surface area contributed by atoms with Gasteiger partial charge in [-0.15, -0.1) is 0 Å². The molecule has 1 aromatic rings. The van der Waals surface area contributed by atoms with E-state index in [1.807, 2.05) is 6.21 Å². The number of fused-ring (bicyclic) bond motifs is 1. The summed E-state index contributed by atoms with van der Waals surface area (Å²) in [6, 6.07) is 0. The summed E-state index contributed by atoms with van der Waals surface area (Å²) in [5, 5.41) is 1.74. The third kappa shape index (κ3) is 1.64. The molecule has 0 radical (unpaired) electrons. The van der Waals surface area contributed by atoms with Crippen LogP contribution >= 0.6 is 0 Å². The molecule has 66 valence electrons. The monoisotopic (exact) mass is 173 g/mol. The molecule has 13 heavy (non-hydrogen) atoms. The lowest BCUT2D eigenvalue weighted by Gasteiger charge is -2.10. The molecule has 0 saturated carbocycles. The van der Waals surface area contributed by atoms with Gasteiger partial charge in [0.2, 0.25) is 0 Å². The summed E-state index contributed by atoms with van der Waals surface area (Å²) >= 11 is 0. The summed E-state index contributed by atoms with van der Waals surface area (Å²) in [7, 11) is 0. The van der Waals surface area contributed by atoms with Crippen LogP contribution < -0.4 is 10.7 Å². The molecule has 0 spiro atoms. The Morgan fingerprint density at radius 3 is 2.54 bits per heavy atom. The first kappa shape index (κ1) is 8.10. The van der Waals surface area contributed by atoms with Crippen LogP contribution in [0.3, 0.4) is 0 Å². The molecular weight excluding hydrogens is 162 g/mol. The summed E-state index contributed by atoms with van der Waals surface area (Å²) < 4.78 is 0. The molecule has 0 aromatic carbocycles. The van der Waals surface area contributed by atoms with Crippen molar-refractivity contribution in [2.75, 3.05) is 0 Å². The van der Waals surface area contributed by atoms with Crippen molar-refractivity contribution in [3.8, 4) is 0 Å². The van der Waals surface area contributed by atoms with Crippen molar-refractivity contribution < 1.29 is 0 Å². The average molecular weight is 173 g/mol. The molecule has 0 N–H and O–H groups in total. The first-order valence-electron chi connectivity index (χ1n) is 4.22. The number of rotatable bonds is 0. The van der Waals surface area contributed by atoms with Gasteiger partial charge in [0.25, 0.3) is 0 Å². The van der Waals surface area contributed by atoms with E-state index in [0.29, 0.717) is 0 Å². The molecule has 0 aliphatic carbocycles. The van der Waals surface area contributed by atoms with E-state index < -0.39 is 0 Å². The van der Waals surface area contributed by atoms with Crippen molar-refractivity contribution in [1.82, 2.24) is 9.97 Å². The lowest BCUT2D eigenvalue weighted by atomic mass is 9.95. The van der Waals surface area contributed by atoms with Crippen LogP contribution in [0.15, 0.2) is 17.4 Å². The fourth-order valence-corrected chi connectivity index (χ4v) is 1.26. The fourth-order valence-electron chi connectivity index (χ4n) is 1.26. The van der Waals surface area contributed by atoms with Gasteiger partial charge in [-0.2, -0.15) is 0 Å². The van der Waals surface area contributed by atoms with Crippen molar-refractivity contribution >= 4 is 18.5 Å². The first-order valence-corrected chi connectivity index (χ1v) is 4.22. The summed E-state index contributed by atoms with van der Waals surface area (Å²) in [4.78, 5) is 12.6. The molecule has 3 nitrogen and oxygen atoms in total. The standard InChI is InChI=1S/C10H11N3/c1-10(2)5-8-9(6-11-7-10)13-4-3-12-8/h3-7H,1-2H3. The van der Waals surface area contributed by atoms with Crippen molar-refractivity contribution in [2.45, 2.75) is 13.8 Å². The van der Waals surface area contributed by atoms with Crippen molar-refractivity contribution in [3.05, 3.63) is 23.1 Å². The zero-order valence-corrected chi connectivity index (χ0v) is 7.73. The van der Waals surface area contributed by atoms with Gasteiger partial charge < -0.3 is 0 Å². The molecule has 0 fully saturated rings. The van der Waals surface area contributed by atoms with Gasteiger partial charge in [-0.3, -0.25) is 15.0 Å². The van der Waals surface area contributed by atoms with Crippen LogP contribution in [0, 0.1) is 5.41 Å². The highest BCUT2D eigenvalue weighted by molar-refractivity contribution is 5.76. The van der Waals surface area contributed by atoms with E-state index in [-0.39, 0.29) is 5.41 Å². The SMILES string of the molecule is CC1(C)C=NC=c2nccnc2=C1. The van der Waals surface area contributed by atoms with Crippen LogP contribution in [-0.4, -0.2) is 16.2 Å². The highest BCUT2D eigenvalue weighted by Crippen LogP contribution is 2.13. The Morgan fingerprint density at radius 1 is 1.08 bits per heavy atom. The zero-order valence-electron chi connectivity index (χ0n) is 7.73. The van der Waals surface area contributed by atoms with E-state index in [2.05, 4.69) is 34.9 Å². The molecule has 2 rings (SSSR count). The van der Waals surface area contributed by atoms with Gasteiger partial charge in [-0.1, -0.05) is 13.8 Å². The van der Waals surface area contributed by atoms with Gasteiger partial charge in [0.15, 0.2) is 0 Å². The summed E-state index contributed by atoms with van der Waals surface area (Å²) in [6.45, 7) is 4.18. The molecule has 2 heterocycles. The number of hydrogen-bond donors (Lipinski definition) is 0. The predicted octanol–water partition coefficient (Wildman–Crippen LogP) is 0.106. The van der Waals surface area contributed by atoms with Crippen LogP contribution in [-0.2, 0) is 0 Å². The molecule has 1 aromatic heterocycles. The maximum absolute atomic E-state index is 4.25. The Bertz CT molecular complexity index is 457. The molecule has 1 aliphatic rings. The van der Waals surface area contributed by atoms with Crippen molar-refractivity contribution in [1.29, 1.82) is 0 Å². The molecule has 0 atom stereocenters. The van der Waals surface area contributed by atoms with E-state index >= 15 is 0 Å². The first-order chi connectivity index (χ1) is 6.17. The van der Waals surface area contributed by atoms with Crippen LogP contribution in [0.25, 0.3) is 12.3 Å². The van der Waals surface area contributed by atoms with Crippen LogP contribution in [0.5, 0.6) is 0 Å². The van der Waals surface area contributed by atoms with E-state index in [9.17, 15) is 0 Å². The zero-order chi connectivity index (χ0) is 9.31. The van der Waals surface area contributed by atoms with Crippen LogP contribution in [0.4, 0.5) is 0 Å². The van der Waals surface area contributed by atoms with E-state index in [1.165, 1.54) is 0 Å². The quantitative estimate of drug-likeness (QED) is 0.558. The molecule has 0 saturated heterocycles. The van der Waals surface area contributed by atoms with Crippen molar-refractivity contribution in [3.63, 3.8) is 0 Å². The summed E-state index contributed by atoms with van der Waals surface area (Å²) in [5.74, 6) is 0. The lowest BCUT2D eigenvalue weighted by Crippen LogP contribution is -2.31. The fraction of sp³-hybridized carbons (Fsp3) is 0.300. The van der Waals surface area contributed by atoms with Gasteiger partial charge in [-0.05, 0) is 6.08 Å². The Hall–Kier alpha value is -1.51. The second-order valence-corrected chi connectivity index (χ2v) is 3.70. The Morgan fingerprint density at radius 2 is 1.77 bits per heavy atom. The van der Waals surface area contributed by atoms with Crippen LogP contribution in [0.1, 0.15) is 13.8 Å². The molecule has 0 unspecified atom stereocenters. The van der Waals surface area contributed by atoms with E-state index in [1.54, 1.807) is 18.6 Å². The summed E-state index contributed by atoms with van der Waals surface area (Å²) in [6.07, 6.45) is 9.09. The molecule has 0 bridgehead atoms. The Balaban J connectivity index is 2.77. The highest BCUT2D eigenvalue weighted by Gasteiger charge is 2.12. The molecular formula is C10H11N3. The molecule has 0 amide bonds. The van der Waals surface area contributed by atoms with Gasteiger partial charge >= 0.3 is 0 Å². The lowest BCUT2D eigenvalue weighted by molar-refractivity contribution is 0.738. The van der Waals surface area contributed by atoms with Crippen LogP contribution in [0.2, 0.25) is 0 Å². The third-order valence-corrected chi connectivity index (χ3v) is 1.87. The minimum Gasteiger partial charge on any atom is -0.266 e. The minimum absolute atomic E-state index is 0.0439. The van der Waals surface area contributed by atoms with Gasteiger partial charge in [0, 0.05) is 24.0 Å². The highest BCUT2D eigenvalue weighted by atomic mass is 14.8. The van der Waals surface area contributed by atoms with E-state index in [4.69, 9.17) is 0 Å². The number of aliphatic imine (C=N–C) groups is 1. The van der Waals surface area contributed by atoms with Gasteiger partial charge in [-0.25, -0.2) is 0 Å². The maximum atomic E-state index is 4.25. The predicted molar refractivity (Wildman–Crippen MR) is 52.5 cm³/mol. The van der Waals surface area contributed by atoms with E-state index in [0.717, 1.165) is 10.7 Å². The smallest absolute Gasteiger partial charge is 0.107 e. The van der Waals surface area contributed by atoms with Gasteiger partial charge in [0.05, 0.1) is 11.5 Å². The topological polar surface area (TPSA) is 38.1 Å². The normalized spacial score (nSPS) is 18.0. The Kier molecular flexibility index (Phi) is 1.72. The second kappa shape index (κ2) is 2.76. The third-order valence-electron chi connectivity index (χ3n) is 1.87. The minimum atomic E-state index is -0.0439. The van der Waals surface area contributed by atoms with Gasteiger partial charge in [0.1, 0.15) is 5.35 Å². The summed E-state index contributed by atoms with van der Waals surface area (Å²) in [5.41, 5.74) is -0.0439. The second-order valence-electron chi connectivity index (χ2n) is 3.70.